The largest absolute Gasteiger partial charge is 0.357 e. The van der Waals surface area contributed by atoms with E-state index >= 15 is 0 Å². The van der Waals surface area contributed by atoms with E-state index in [1.807, 2.05) is 0 Å². The summed E-state index contributed by atoms with van der Waals surface area (Å²) in [5, 5.41) is 8.21. The van der Waals surface area contributed by atoms with E-state index in [9.17, 15) is 0 Å². The third-order valence-corrected chi connectivity index (χ3v) is 6.73. The normalized spacial score (nSPS) is 23.2. The maximum Gasteiger partial charge on any atom is 0.191 e. The lowest BCUT2D eigenvalue weighted by molar-refractivity contribution is 0.115. The van der Waals surface area contributed by atoms with Crippen LogP contribution in [-0.4, -0.2) is 47.6 Å². The monoisotopic (exact) mass is 377 g/mol. The van der Waals surface area contributed by atoms with Gasteiger partial charge in [0.05, 0.1) is 12.2 Å². The van der Waals surface area contributed by atoms with Gasteiger partial charge in [-0.1, -0.05) is 19.3 Å². The summed E-state index contributed by atoms with van der Waals surface area (Å²) in [5.41, 5.74) is 1.13. The van der Waals surface area contributed by atoms with Gasteiger partial charge in [0.2, 0.25) is 0 Å². The highest BCUT2D eigenvalue weighted by Gasteiger charge is 2.27. The molecule has 0 spiro atoms. The molecule has 2 aliphatic rings. The molecular formula is C20H35N5S. The van der Waals surface area contributed by atoms with Crippen LogP contribution in [-0.2, 0) is 6.54 Å². The molecule has 0 bridgehead atoms. The zero-order valence-electron chi connectivity index (χ0n) is 16.7. The Hall–Kier alpha value is -1.14. The first-order valence-electron chi connectivity index (χ1n) is 10.4. The van der Waals surface area contributed by atoms with E-state index in [0.29, 0.717) is 12.6 Å². The van der Waals surface area contributed by atoms with Crippen molar-refractivity contribution >= 4 is 17.3 Å². The van der Waals surface area contributed by atoms with Gasteiger partial charge in [0, 0.05) is 30.1 Å². The Kier molecular flexibility index (Phi) is 7.32. The lowest BCUT2D eigenvalue weighted by atomic mass is 9.92. The molecule has 1 aliphatic carbocycles. The van der Waals surface area contributed by atoms with Crippen molar-refractivity contribution in [3.05, 3.63) is 15.6 Å². The number of nitrogens with zero attached hydrogens (tertiary/aromatic N) is 3. The Balaban J connectivity index is 1.56. The Labute approximate surface area is 162 Å². The molecule has 2 heterocycles. The first-order chi connectivity index (χ1) is 12.7. The van der Waals surface area contributed by atoms with Gasteiger partial charge in [0.25, 0.3) is 0 Å². The topological polar surface area (TPSA) is 52.6 Å². The smallest absolute Gasteiger partial charge is 0.191 e. The number of guanidine groups is 1. The van der Waals surface area contributed by atoms with Crippen LogP contribution in [0.2, 0.25) is 0 Å². The maximum atomic E-state index is 4.79. The summed E-state index contributed by atoms with van der Waals surface area (Å²) in [6.45, 7) is 10.3. The number of hydrogen-bond acceptors (Lipinski definition) is 4. The number of aromatic nitrogens is 1. The molecule has 2 fully saturated rings. The van der Waals surface area contributed by atoms with E-state index in [1.54, 1.807) is 11.3 Å². The first-order valence-corrected chi connectivity index (χ1v) is 11.2. The van der Waals surface area contributed by atoms with E-state index < -0.39 is 0 Å². The zero-order chi connectivity index (χ0) is 18.4. The van der Waals surface area contributed by atoms with Crippen molar-refractivity contribution in [1.29, 1.82) is 0 Å². The molecule has 0 radical (unpaired) electrons. The third-order valence-electron chi connectivity index (χ3n) is 5.67. The Morgan fingerprint density at radius 3 is 2.69 bits per heavy atom. The van der Waals surface area contributed by atoms with Crippen molar-refractivity contribution in [2.45, 2.75) is 84.3 Å². The number of aliphatic imine (C=N–C) groups is 1. The van der Waals surface area contributed by atoms with Crippen LogP contribution in [0.15, 0.2) is 4.99 Å². The number of rotatable bonds is 5. The van der Waals surface area contributed by atoms with Crippen molar-refractivity contribution in [1.82, 2.24) is 20.5 Å². The highest BCUT2D eigenvalue weighted by Crippen LogP contribution is 2.25. The van der Waals surface area contributed by atoms with Gasteiger partial charge in [-0.15, -0.1) is 11.3 Å². The second-order valence-electron chi connectivity index (χ2n) is 7.71. The van der Waals surface area contributed by atoms with Gasteiger partial charge in [0.15, 0.2) is 5.96 Å². The Bertz CT molecular complexity index is 572. The molecular weight excluding hydrogens is 342 g/mol. The van der Waals surface area contributed by atoms with Crippen LogP contribution in [0.3, 0.4) is 0 Å². The fourth-order valence-corrected chi connectivity index (χ4v) is 5.03. The van der Waals surface area contributed by atoms with E-state index in [2.05, 4.69) is 41.3 Å². The zero-order valence-corrected chi connectivity index (χ0v) is 17.5. The van der Waals surface area contributed by atoms with Crippen molar-refractivity contribution in [2.24, 2.45) is 4.99 Å². The Morgan fingerprint density at radius 1 is 1.19 bits per heavy atom. The van der Waals surface area contributed by atoms with Gasteiger partial charge in [-0.3, -0.25) is 4.90 Å². The van der Waals surface area contributed by atoms with Crippen LogP contribution >= 0.6 is 11.3 Å². The average Bonchev–Trinajstić information content (AvgIpc) is 2.99. The van der Waals surface area contributed by atoms with Crippen LogP contribution < -0.4 is 10.6 Å². The lowest BCUT2D eigenvalue weighted by Gasteiger charge is -2.40. The summed E-state index contributed by atoms with van der Waals surface area (Å²) in [5.74, 6) is 0.938. The van der Waals surface area contributed by atoms with Crippen LogP contribution in [0.5, 0.6) is 0 Å². The fraction of sp³-hybridized carbons (Fsp3) is 0.800. The SMILES string of the molecule is CCNC(=NCc1nc(C)c(C)s1)NC1CCCN(C2CCCCC2)C1. The molecule has 1 aromatic rings. The van der Waals surface area contributed by atoms with Crippen molar-refractivity contribution in [3.8, 4) is 0 Å². The van der Waals surface area contributed by atoms with Crippen LogP contribution in [0.4, 0.5) is 0 Å². The molecule has 1 aromatic heterocycles. The molecule has 1 saturated heterocycles. The third kappa shape index (κ3) is 5.43. The predicted molar refractivity (Wildman–Crippen MR) is 111 cm³/mol. The number of nitrogens with one attached hydrogen (secondary N) is 2. The summed E-state index contributed by atoms with van der Waals surface area (Å²) in [4.78, 5) is 13.4. The molecule has 1 saturated carbocycles. The van der Waals surface area contributed by atoms with E-state index in [1.165, 1.54) is 56.4 Å². The minimum Gasteiger partial charge on any atom is -0.357 e. The predicted octanol–water partition coefficient (Wildman–Crippen LogP) is 3.61. The second kappa shape index (κ2) is 9.70. The fourth-order valence-electron chi connectivity index (χ4n) is 4.17. The molecule has 1 atom stereocenters. The molecule has 3 rings (SSSR count). The number of piperidine rings is 1. The van der Waals surface area contributed by atoms with Gasteiger partial charge in [-0.25, -0.2) is 9.98 Å². The quantitative estimate of drug-likeness (QED) is 0.608. The van der Waals surface area contributed by atoms with E-state index in [-0.39, 0.29) is 0 Å². The van der Waals surface area contributed by atoms with Crippen LogP contribution in [0, 0.1) is 13.8 Å². The number of likely N-dealkylation sites (tertiary alicyclic amines) is 1. The number of thiazole rings is 1. The summed E-state index contributed by atoms with van der Waals surface area (Å²) < 4.78 is 0. The molecule has 0 amide bonds. The highest BCUT2D eigenvalue weighted by atomic mass is 32.1. The summed E-state index contributed by atoms with van der Waals surface area (Å²) in [6, 6.07) is 1.32. The van der Waals surface area contributed by atoms with Crippen molar-refractivity contribution in [3.63, 3.8) is 0 Å². The van der Waals surface area contributed by atoms with Gasteiger partial charge in [0.1, 0.15) is 5.01 Å². The van der Waals surface area contributed by atoms with Gasteiger partial charge in [-0.2, -0.15) is 0 Å². The maximum absolute atomic E-state index is 4.79. The second-order valence-corrected chi connectivity index (χ2v) is 9.00. The molecule has 0 aromatic carbocycles. The van der Waals surface area contributed by atoms with E-state index in [0.717, 1.165) is 35.8 Å². The molecule has 2 N–H and O–H groups in total. The molecule has 1 unspecified atom stereocenters. The average molecular weight is 378 g/mol. The van der Waals surface area contributed by atoms with Gasteiger partial charge < -0.3 is 10.6 Å². The lowest BCUT2D eigenvalue weighted by Crippen LogP contribution is -2.53. The van der Waals surface area contributed by atoms with E-state index in [4.69, 9.17) is 4.99 Å². The van der Waals surface area contributed by atoms with Gasteiger partial charge >= 0.3 is 0 Å². The molecule has 146 valence electrons. The summed E-state index contributed by atoms with van der Waals surface area (Å²) in [7, 11) is 0. The molecule has 6 heteroatoms. The molecule has 5 nitrogen and oxygen atoms in total. The van der Waals surface area contributed by atoms with Crippen molar-refractivity contribution in [2.75, 3.05) is 19.6 Å². The minimum absolute atomic E-state index is 0.503. The number of aryl methyl sites for hydroxylation is 2. The number of hydrogen-bond donors (Lipinski definition) is 2. The van der Waals surface area contributed by atoms with Crippen LogP contribution in [0.25, 0.3) is 0 Å². The van der Waals surface area contributed by atoms with Gasteiger partial charge in [-0.05, 0) is 53.0 Å². The Morgan fingerprint density at radius 2 is 2.00 bits per heavy atom. The van der Waals surface area contributed by atoms with Crippen molar-refractivity contribution < 1.29 is 0 Å². The molecule has 26 heavy (non-hydrogen) atoms. The standard InChI is InChI=1S/C20H35N5S/c1-4-21-20(22-13-19-23-15(2)16(3)26-19)24-17-9-8-12-25(14-17)18-10-6-5-7-11-18/h17-18H,4-14H2,1-3H3,(H2,21,22,24). The summed E-state index contributed by atoms with van der Waals surface area (Å²) in [6.07, 6.45) is 9.57. The summed E-state index contributed by atoms with van der Waals surface area (Å²) >= 11 is 1.76. The first kappa shape index (κ1) is 19.6. The minimum atomic E-state index is 0.503. The molecule has 1 aliphatic heterocycles. The van der Waals surface area contributed by atoms with Crippen LogP contribution in [0.1, 0.15) is 67.4 Å². The highest BCUT2D eigenvalue weighted by molar-refractivity contribution is 7.11.